The molecule has 0 saturated carbocycles. The molecule has 132 valence electrons. The third-order valence-corrected chi connectivity index (χ3v) is 5.16. The predicted molar refractivity (Wildman–Crippen MR) is 101 cm³/mol. The molecule has 0 fully saturated rings. The molecule has 4 rings (SSSR count). The van der Waals surface area contributed by atoms with Gasteiger partial charge in [-0.25, -0.2) is 4.79 Å². The predicted octanol–water partition coefficient (Wildman–Crippen LogP) is 3.65. The Kier molecular flexibility index (Phi) is 3.96. The molecular weight excluding hydrogens is 350 g/mol. The minimum absolute atomic E-state index is 0.0975. The van der Waals surface area contributed by atoms with Crippen LogP contribution in [0.5, 0.6) is 0 Å². The van der Waals surface area contributed by atoms with E-state index in [1.54, 1.807) is 24.1 Å². The molecule has 26 heavy (non-hydrogen) atoms. The third kappa shape index (κ3) is 2.65. The molecule has 2 heterocycles. The van der Waals surface area contributed by atoms with Crippen LogP contribution in [0.15, 0.2) is 59.8 Å². The van der Waals surface area contributed by atoms with Crippen LogP contribution >= 0.6 is 11.6 Å². The molecule has 2 aromatic rings. The first kappa shape index (κ1) is 16.7. The van der Waals surface area contributed by atoms with E-state index in [1.165, 1.54) is 4.90 Å². The Morgan fingerprint density at radius 1 is 1.04 bits per heavy atom. The number of nitrogens with zero attached hydrogens (tertiary/aromatic N) is 2. The Morgan fingerprint density at radius 2 is 1.69 bits per heavy atom. The maximum absolute atomic E-state index is 13.2. The zero-order valence-corrected chi connectivity index (χ0v) is 15.2. The lowest BCUT2D eigenvalue weighted by Gasteiger charge is -2.31. The Bertz CT molecular complexity index is 919. The fourth-order valence-electron chi connectivity index (χ4n) is 3.41. The van der Waals surface area contributed by atoms with Crippen LogP contribution in [0, 0.1) is 6.92 Å². The highest BCUT2D eigenvalue weighted by atomic mass is 35.5. The van der Waals surface area contributed by atoms with Crippen LogP contribution in [0.2, 0.25) is 5.02 Å². The highest BCUT2D eigenvalue weighted by Crippen LogP contribution is 2.37. The number of likely N-dealkylation sites (N-methyl/N-ethyl adjacent to an activating group) is 1. The van der Waals surface area contributed by atoms with E-state index in [4.69, 9.17) is 11.6 Å². The van der Waals surface area contributed by atoms with Crippen molar-refractivity contribution >= 4 is 29.2 Å². The second-order valence-electron chi connectivity index (χ2n) is 6.58. The van der Waals surface area contributed by atoms with Gasteiger partial charge in [0, 0.05) is 17.8 Å². The van der Waals surface area contributed by atoms with E-state index in [0.717, 1.165) is 22.5 Å². The Labute approximate surface area is 156 Å². The van der Waals surface area contributed by atoms with Gasteiger partial charge >= 0.3 is 6.03 Å². The van der Waals surface area contributed by atoms with Crippen molar-refractivity contribution in [2.75, 3.05) is 18.5 Å². The monoisotopic (exact) mass is 367 g/mol. The summed E-state index contributed by atoms with van der Waals surface area (Å²) in [5.74, 6) is -0.0975. The van der Waals surface area contributed by atoms with Gasteiger partial charge in [-0.15, -0.1) is 0 Å². The maximum Gasteiger partial charge on any atom is 0.322 e. The fraction of sp³-hybridized carbons (Fsp3) is 0.200. The van der Waals surface area contributed by atoms with Gasteiger partial charge in [-0.05, 0) is 36.8 Å². The second-order valence-corrected chi connectivity index (χ2v) is 7.02. The molecule has 0 radical (unpaired) electrons. The number of hydrogen-bond donors (Lipinski definition) is 1. The number of carbonyl (C=O) groups is 2. The smallest absolute Gasteiger partial charge is 0.322 e. The summed E-state index contributed by atoms with van der Waals surface area (Å²) in [4.78, 5) is 28.8. The molecule has 0 aliphatic carbocycles. The average Bonchev–Trinajstić information content (AvgIpc) is 2.97. The molecule has 0 unspecified atom stereocenters. The molecule has 1 atom stereocenters. The van der Waals surface area contributed by atoms with Crippen LogP contribution in [0.25, 0.3) is 0 Å². The SMILES string of the molecule is Cc1ccc([C@@H]2NC(=O)N(C)C3=C2C(=O)N(c2ccc(Cl)cc2)C3)cc1. The van der Waals surface area contributed by atoms with Crippen molar-refractivity contribution in [1.82, 2.24) is 10.2 Å². The van der Waals surface area contributed by atoms with Crippen molar-refractivity contribution in [3.63, 3.8) is 0 Å². The third-order valence-electron chi connectivity index (χ3n) is 4.91. The van der Waals surface area contributed by atoms with Gasteiger partial charge in [-0.3, -0.25) is 9.69 Å². The van der Waals surface area contributed by atoms with Crippen molar-refractivity contribution in [2.24, 2.45) is 0 Å². The number of rotatable bonds is 2. The van der Waals surface area contributed by atoms with Crippen molar-refractivity contribution in [3.8, 4) is 0 Å². The summed E-state index contributed by atoms with van der Waals surface area (Å²) in [6.07, 6.45) is 0. The highest BCUT2D eigenvalue weighted by molar-refractivity contribution is 6.30. The van der Waals surface area contributed by atoms with E-state index < -0.39 is 6.04 Å². The summed E-state index contributed by atoms with van der Waals surface area (Å²) in [6, 6.07) is 14.4. The van der Waals surface area contributed by atoms with Gasteiger partial charge in [-0.2, -0.15) is 0 Å². The lowest BCUT2D eigenvalue weighted by Crippen LogP contribution is -2.45. The number of carbonyl (C=O) groups excluding carboxylic acids is 2. The van der Waals surface area contributed by atoms with E-state index in [9.17, 15) is 9.59 Å². The first-order valence-corrected chi connectivity index (χ1v) is 8.75. The van der Waals surface area contributed by atoms with E-state index >= 15 is 0 Å². The first-order chi connectivity index (χ1) is 12.5. The zero-order valence-electron chi connectivity index (χ0n) is 14.5. The Hall–Kier alpha value is -2.79. The summed E-state index contributed by atoms with van der Waals surface area (Å²) < 4.78 is 0. The van der Waals surface area contributed by atoms with E-state index in [0.29, 0.717) is 17.1 Å². The van der Waals surface area contributed by atoms with Gasteiger partial charge < -0.3 is 10.2 Å². The fourth-order valence-corrected chi connectivity index (χ4v) is 3.53. The minimum Gasteiger partial charge on any atom is -0.327 e. The quantitative estimate of drug-likeness (QED) is 0.880. The molecule has 2 aliphatic heterocycles. The lowest BCUT2D eigenvalue weighted by atomic mass is 9.95. The Morgan fingerprint density at radius 3 is 2.35 bits per heavy atom. The molecule has 6 heteroatoms. The molecule has 3 amide bonds. The number of benzene rings is 2. The average molecular weight is 368 g/mol. The van der Waals surface area contributed by atoms with Crippen molar-refractivity contribution in [2.45, 2.75) is 13.0 Å². The normalized spacial score (nSPS) is 19.7. The number of halogens is 1. The molecule has 0 aromatic heterocycles. The van der Waals surface area contributed by atoms with Crippen LogP contribution in [0.3, 0.4) is 0 Å². The van der Waals surface area contributed by atoms with E-state index in [1.807, 2.05) is 43.3 Å². The van der Waals surface area contributed by atoms with Gasteiger partial charge in [0.1, 0.15) is 0 Å². The molecule has 2 aliphatic rings. The van der Waals surface area contributed by atoms with Gasteiger partial charge in [0.25, 0.3) is 5.91 Å². The lowest BCUT2D eigenvalue weighted by molar-refractivity contribution is -0.114. The summed E-state index contributed by atoms with van der Waals surface area (Å²) in [5, 5.41) is 3.56. The highest BCUT2D eigenvalue weighted by Gasteiger charge is 2.43. The van der Waals surface area contributed by atoms with Gasteiger partial charge in [-0.1, -0.05) is 41.4 Å². The van der Waals surface area contributed by atoms with Gasteiger partial charge in [0.05, 0.1) is 23.9 Å². The van der Waals surface area contributed by atoms with Crippen LogP contribution in [0.4, 0.5) is 10.5 Å². The summed E-state index contributed by atoms with van der Waals surface area (Å²) in [6.45, 7) is 2.37. The number of urea groups is 1. The summed E-state index contributed by atoms with van der Waals surface area (Å²) in [5.41, 5.74) is 4.14. The van der Waals surface area contributed by atoms with Crippen molar-refractivity contribution in [1.29, 1.82) is 0 Å². The first-order valence-electron chi connectivity index (χ1n) is 8.37. The number of nitrogens with one attached hydrogen (secondary N) is 1. The van der Waals surface area contributed by atoms with Crippen LogP contribution in [-0.4, -0.2) is 30.4 Å². The number of hydrogen-bond acceptors (Lipinski definition) is 2. The largest absolute Gasteiger partial charge is 0.327 e. The van der Waals surface area contributed by atoms with E-state index in [2.05, 4.69) is 5.32 Å². The Balaban J connectivity index is 1.75. The summed E-state index contributed by atoms with van der Waals surface area (Å²) in [7, 11) is 1.69. The number of anilines is 1. The topological polar surface area (TPSA) is 52.7 Å². The van der Waals surface area contributed by atoms with Crippen LogP contribution in [-0.2, 0) is 4.79 Å². The molecule has 1 N–H and O–H groups in total. The molecule has 2 aromatic carbocycles. The standard InChI is InChI=1S/C20H18ClN3O2/c1-12-3-5-13(6-4-12)18-17-16(23(2)20(26)22-18)11-24(19(17)25)15-9-7-14(21)8-10-15/h3-10,18H,11H2,1-2H3,(H,22,26)/t18-/m0/s1. The molecule has 5 nitrogen and oxygen atoms in total. The molecular formula is C20H18ClN3O2. The van der Waals surface area contributed by atoms with Crippen LogP contribution < -0.4 is 10.2 Å². The minimum atomic E-state index is -0.445. The second kappa shape index (κ2) is 6.18. The summed E-state index contributed by atoms with van der Waals surface area (Å²) >= 11 is 5.96. The van der Waals surface area contributed by atoms with Gasteiger partial charge in [0.15, 0.2) is 0 Å². The number of amides is 3. The van der Waals surface area contributed by atoms with Crippen molar-refractivity contribution in [3.05, 3.63) is 76.0 Å². The van der Waals surface area contributed by atoms with Crippen LogP contribution in [0.1, 0.15) is 17.2 Å². The van der Waals surface area contributed by atoms with Gasteiger partial charge in [0.2, 0.25) is 0 Å². The van der Waals surface area contributed by atoms with E-state index in [-0.39, 0.29) is 11.9 Å². The molecule has 0 spiro atoms. The van der Waals surface area contributed by atoms with Crippen molar-refractivity contribution < 1.29 is 9.59 Å². The number of aryl methyl sites for hydroxylation is 1. The molecule has 0 saturated heterocycles. The maximum atomic E-state index is 13.2. The zero-order chi connectivity index (χ0) is 18.4. The molecule has 0 bridgehead atoms.